The van der Waals surface area contributed by atoms with Gasteiger partial charge in [-0.15, -0.1) is 0 Å². The molecule has 0 aromatic heterocycles. The molecule has 0 atom stereocenters. The minimum Gasteiger partial charge on any atom is -0.289 e. The summed E-state index contributed by atoms with van der Waals surface area (Å²) in [5, 5.41) is 0. The zero-order valence-electron chi connectivity index (χ0n) is 14.8. The number of aryl methyl sites for hydroxylation is 1. The summed E-state index contributed by atoms with van der Waals surface area (Å²) in [6, 6.07) is 24.3. The van der Waals surface area contributed by atoms with Crippen molar-refractivity contribution in [2.75, 3.05) is 0 Å². The highest BCUT2D eigenvalue weighted by Crippen LogP contribution is 2.20. The van der Waals surface area contributed by atoms with E-state index in [1.165, 1.54) is 18.3 Å². The van der Waals surface area contributed by atoms with Gasteiger partial charge in [-0.25, -0.2) is 8.42 Å². The first-order chi connectivity index (χ1) is 13.0. The van der Waals surface area contributed by atoms with Crippen LogP contribution in [-0.2, 0) is 10.0 Å². The van der Waals surface area contributed by atoms with Crippen LogP contribution in [0.1, 0.15) is 21.5 Å². The number of hydrogen-bond donors (Lipinski definition) is 1. The molecule has 0 aliphatic heterocycles. The van der Waals surface area contributed by atoms with E-state index in [0.717, 1.165) is 5.56 Å². The zero-order valence-corrected chi connectivity index (χ0v) is 15.6. The van der Waals surface area contributed by atoms with Crippen LogP contribution in [0, 0.1) is 6.92 Å². The summed E-state index contributed by atoms with van der Waals surface area (Å²) in [6.07, 6.45) is 1.26. The van der Waals surface area contributed by atoms with Crippen LogP contribution in [0.2, 0.25) is 0 Å². The summed E-state index contributed by atoms with van der Waals surface area (Å²) in [4.78, 5) is 13.1. The Balaban J connectivity index is 1.98. The molecule has 136 valence electrons. The molecular weight excluding hydrogens is 358 g/mol. The fourth-order valence-corrected chi connectivity index (χ4v) is 3.47. The second-order valence-electron chi connectivity index (χ2n) is 6.05. The van der Waals surface area contributed by atoms with Crippen LogP contribution in [0.4, 0.5) is 0 Å². The number of benzene rings is 3. The number of carbonyl (C=O) groups is 1. The van der Waals surface area contributed by atoms with Gasteiger partial charge < -0.3 is 0 Å². The lowest BCUT2D eigenvalue weighted by atomic mass is 9.98. The quantitative estimate of drug-likeness (QED) is 0.517. The van der Waals surface area contributed by atoms with Crippen molar-refractivity contribution in [3.8, 4) is 0 Å². The molecule has 0 amide bonds. The summed E-state index contributed by atoms with van der Waals surface area (Å²) in [5.41, 5.74) is 2.37. The van der Waals surface area contributed by atoms with Crippen LogP contribution in [0.5, 0.6) is 0 Å². The molecule has 0 saturated heterocycles. The number of carbonyl (C=O) groups excluding carboxylic acids is 1. The van der Waals surface area contributed by atoms with Gasteiger partial charge in [0.15, 0.2) is 5.78 Å². The fraction of sp³-hybridized carbons (Fsp3) is 0.0455. The summed E-state index contributed by atoms with van der Waals surface area (Å²) < 4.78 is 27.6. The van der Waals surface area contributed by atoms with Gasteiger partial charge in [0.25, 0.3) is 10.0 Å². The third kappa shape index (κ3) is 4.51. The van der Waals surface area contributed by atoms with Crippen molar-refractivity contribution in [3.05, 3.63) is 108 Å². The third-order valence-corrected chi connectivity index (χ3v) is 5.38. The average molecular weight is 377 g/mol. The van der Waals surface area contributed by atoms with Gasteiger partial charge in [0.1, 0.15) is 0 Å². The smallest absolute Gasteiger partial charge is 0.261 e. The van der Waals surface area contributed by atoms with E-state index < -0.39 is 10.0 Å². The molecular formula is C22H19NO3S. The number of nitrogens with one attached hydrogen (secondary N) is 1. The molecule has 0 aliphatic rings. The summed E-state index contributed by atoms with van der Waals surface area (Å²) >= 11 is 0. The Kier molecular flexibility index (Phi) is 5.52. The van der Waals surface area contributed by atoms with E-state index in [4.69, 9.17) is 0 Å². The summed E-state index contributed by atoms with van der Waals surface area (Å²) in [5.74, 6) is -0.256. The summed E-state index contributed by atoms with van der Waals surface area (Å²) in [7, 11) is -3.77. The highest BCUT2D eigenvalue weighted by molar-refractivity contribution is 7.89. The maximum Gasteiger partial charge on any atom is 0.261 e. The lowest BCUT2D eigenvalue weighted by Crippen LogP contribution is -2.19. The normalized spacial score (nSPS) is 11.8. The molecule has 0 aliphatic carbocycles. The van der Waals surface area contributed by atoms with Gasteiger partial charge in [-0.05, 0) is 24.6 Å². The molecule has 3 aromatic carbocycles. The molecule has 3 aromatic rings. The lowest BCUT2D eigenvalue weighted by Gasteiger charge is -2.10. The number of Topliss-reactive ketones (excluding diaryl/α,β-unsaturated/α-hetero) is 1. The van der Waals surface area contributed by atoms with Gasteiger partial charge in [-0.1, -0.05) is 78.4 Å². The molecule has 0 saturated carbocycles. The molecule has 0 fully saturated rings. The monoisotopic (exact) mass is 377 g/mol. The Morgan fingerprint density at radius 2 is 1.30 bits per heavy atom. The Morgan fingerprint density at radius 1 is 0.778 bits per heavy atom. The van der Waals surface area contributed by atoms with E-state index >= 15 is 0 Å². The lowest BCUT2D eigenvalue weighted by molar-refractivity contribution is 0.105. The van der Waals surface area contributed by atoms with Gasteiger partial charge in [0.2, 0.25) is 0 Å². The highest BCUT2D eigenvalue weighted by Gasteiger charge is 2.17. The van der Waals surface area contributed by atoms with Gasteiger partial charge in [-0.3, -0.25) is 9.52 Å². The molecule has 4 nitrogen and oxygen atoms in total. The van der Waals surface area contributed by atoms with E-state index in [2.05, 4.69) is 4.72 Å². The van der Waals surface area contributed by atoms with Crippen molar-refractivity contribution < 1.29 is 13.2 Å². The first kappa shape index (κ1) is 18.6. The summed E-state index contributed by atoms with van der Waals surface area (Å²) in [6.45, 7) is 1.88. The van der Waals surface area contributed by atoms with Crippen LogP contribution < -0.4 is 4.72 Å². The maximum atomic E-state index is 12.9. The number of allylic oxidation sites excluding steroid dienone is 1. The van der Waals surface area contributed by atoms with Gasteiger partial charge in [0.05, 0.1) is 4.90 Å². The van der Waals surface area contributed by atoms with E-state index in [0.29, 0.717) is 11.1 Å². The Bertz CT molecular complexity index is 1060. The van der Waals surface area contributed by atoms with Crippen LogP contribution >= 0.6 is 0 Å². The SMILES string of the molecule is Cc1ccc(S(=O)(=O)N/C=C(\C(=O)c2ccccc2)c2ccccc2)cc1. The van der Waals surface area contributed by atoms with Crippen molar-refractivity contribution in [2.24, 2.45) is 0 Å². The third-order valence-electron chi connectivity index (χ3n) is 4.06. The zero-order chi connectivity index (χ0) is 19.3. The number of sulfonamides is 1. The van der Waals surface area contributed by atoms with Gasteiger partial charge in [-0.2, -0.15) is 0 Å². The van der Waals surface area contributed by atoms with E-state index in [1.54, 1.807) is 60.7 Å². The first-order valence-corrected chi connectivity index (χ1v) is 9.90. The minimum absolute atomic E-state index is 0.143. The largest absolute Gasteiger partial charge is 0.289 e. The number of hydrogen-bond acceptors (Lipinski definition) is 3. The van der Waals surface area contributed by atoms with Gasteiger partial charge >= 0.3 is 0 Å². The predicted octanol–water partition coefficient (Wildman–Crippen LogP) is 4.20. The van der Waals surface area contributed by atoms with E-state index in [1.807, 2.05) is 19.1 Å². The van der Waals surface area contributed by atoms with Crippen LogP contribution in [0.3, 0.4) is 0 Å². The van der Waals surface area contributed by atoms with E-state index in [-0.39, 0.29) is 16.3 Å². The maximum absolute atomic E-state index is 12.9. The topological polar surface area (TPSA) is 63.2 Å². The average Bonchev–Trinajstić information content (AvgIpc) is 2.70. The molecule has 0 bridgehead atoms. The Hall–Kier alpha value is -3.18. The Morgan fingerprint density at radius 3 is 1.85 bits per heavy atom. The molecule has 3 rings (SSSR count). The molecule has 0 spiro atoms. The molecule has 1 N–H and O–H groups in total. The number of rotatable bonds is 6. The van der Waals surface area contributed by atoms with Crippen molar-refractivity contribution in [1.29, 1.82) is 0 Å². The van der Waals surface area contributed by atoms with Crippen molar-refractivity contribution in [3.63, 3.8) is 0 Å². The second-order valence-corrected chi connectivity index (χ2v) is 7.77. The molecule has 0 heterocycles. The van der Waals surface area contributed by atoms with Crippen LogP contribution in [0.25, 0.3) is 5.57 Å². The number of ketones is 1. The molecule has 0 unspecified atom stereocenters. The highest BCUT2D eigenvalue weighted by atomic mass is 32.2. The standard InChI is InChI=1S/C22H19NO3S/c1-17-12-14-20(15-13-17)27(25,26)23-16-21(18-8-4-2-5-9-18)22(24)19-10-6-3-7-11-19/h2-16,23H,1H3/b21-16-. The van der Waals surface area contributed by atoms with E-state index in [9.17, 15) is 13.2 Å². The van der Waals surface area contributed by atoms with Crippen LogP contribution in [0.15, 0.2) is 96.0 Å². The molecule has 0 radical (unpaired) electrons. The van der Waals surface area contributed by atoms with Crippen molar-refractivity contribution >= 4 is 21.4 Å². The Labute approximate surface area is 159 Å². The van der Waals surface area contributed by atoms with Crippen LogP contribution in [-0.4, -0.2) is 14.2 Å². The van der Waals surface area contributed by atoms with Crippen molar-refractivity contribution in [1.82, 2.24) is 4.72 Å². The van der Waals surface area contributed by atoms with Gasteiger partial charge in [0, 0.05) is 17.3 Å². The first-order valence-electron chi connectivity index (χ1n) is 8.42. The molecule has 27 heavy (non-hydrogen) atoms. The fourth-order valence-electron chi connectivity index (χ4n) is 2.56. The van der Waals surface area contributed by atoms with Crippen molar-refractivity contribution in [2.45, 2.75) is 11.8 Å². The molecule has 5 heteroatoms. The predicted molar refractivity (Wildman–Crippen MR) is 107 cm³/mol. The second kappa shape index (κ2) is 8.01. The minimum atomic E-state index is -3.77.